The molecule has 0 spiro atoms. The van der Waals surface area contributed by atoms with Gasteiger partial charge in [-0.3, -0.25) is 4.79 Å². The first kappa shape index (κ1) is 14.6. The van der Waals surface area contributed by atoms with Crippen LogP contribution in [-0.4, -0.2) is 17.3 Å². The van der Waals surface area contributed by atoms with Gasteiger partial charge >= 0.3 is 0 Å². The third-order valence-electron chi connectivity index (χ3n) is 6.05. The summed E-state index contributed by atoms with van der Waals surface area (Å²) >= 11 is 6.86. The quantitative estimate of drug-likeness (QED) is 0.827. The second kappa shape index (κ2) is 4.99. The molecule has 1 aromatic carbocycles. The molecule has 0 saturated heterocycles. The van der Waals surface area contributed by atoms with Gasteiger partial charge in [0.25, 0.3) is 5.91 Å². The lowest BCUT2D eigenvalue weighted by atomic mass is 9.49. The fraction of sp³-hybridized carbons (Fsp3) is 0.632. The number of amides is 1. The van der Waals surface area contributed by atoms with Crippen LogP contribution in [-0.2, 0) is 0 Å². The largest absolute Gasteiger partial charge is 0.351 e. The van der Waals surface area contributed by atoms with Gasteiger partial charge in [0.05, 0.1) is 0 Å². The zero-order valence-corrected chi connectivity index (χ0v) is 14.0. The van der Waals surface area contributed by atoms with E-state index in [2.05, 4.69) is 5.32 Å². The van der Waals surface area contributed by atoms with Crippen LogP contribution in [0.1, 0.15) is 54.4 Å². The Bertz CT molecular complexity index is 580. The first-order valence-electron chi connectivity index (χ1n) is 8.49. The molecule has 0 radical (unpaired) electrons. The number of aryl methyl sites for hydroxylation is 1. The van der Waals surface area contributed by atoms with Crippen LogP contribution in [0.5, 0.6) is 0 Å². The first-order chi connectivity index (χ1) is 10.5. The fourth-order valence-corrected chi connectivity index (χ4v) is 6.34. The van der Waals surface area contributed by atoms with E-state index in [1.807, 2.05) is 31.2 Å². The lowest BCUT2D eigenvalue weighted by Gasteiger charge is -2.60. The molecule has 0 aliphatic heterocycles. The van der Waals surface area contributed by atoms with Gasteiger partial charge in [-0.2, -0.15) is 0 Å². The van der Waals surface area contributed by atoms with Crippen molar-refractivity contribution < 1.29 is 4.79 Å². The third-order valence-corrected chi connectivity index (χ3v) is 6.49. The number of nitrogens with one attached hydrogen (secondary N) is 1. The van der Waals surface area contributed by atoms with Gasteiger partial charge in [-0.1, -0.05) is 17.7 Å². The van der Waals surface area contributed by atoms with E-state index in [-0.39, 0.29) is 16.2 Å². The number of hydrogen-bond acceptors (Lipinski definition) is 1. The van der Waals surface area contributed by atoms with E-state index in [0.717, 1.165) is 30.4 Å². The summed E-state index contributed by atoms with van der Waals surface area (Å²) < 4.78 is 0. The molecular weight excluding hydrogens is 294 g/mol. The average molecular weight is 318 g/mol. The molecule has 0 aromatic heterocycles. The molecule has 5 rings (SSSR count). The van der Waals surface area contributed by atoms with E-state index in [4.69, 9.17) is 11.6 Å². The Hall–Kier alpha value is -1.02. The van der Waals surface area contributed by atoms with Gasteiger partial charge in [0.2, 0.25) is 0 Å². The summed E-state index contributed by atoms with van der Waals surface area (Å²) in [5, 5.41) is 3.20. The van der Waals surface area contributed by atoms with Crippen molar-refractivity contribution in [3.8, 4) is 0 Å². The molecular formula is C19H24ClNO. The highest BCUT2D eigenvalue weighted by Gasteiger charge is 2.56. The average Bonchev–Trinajstić information content (AvgIpc) is 2.43. The molecule has 118 valence electrons. The standard InChI is InChI=1S/C19H24ClNO/c1-13-2-4-16(5-3-13)17(22)21-12-18-7-14-6-15(8-18)10-19(20,9-14)11-18/h2-5,14-15H,6-12H2,1H3,(H,21,22)/t14-,15-,18?,19?/m1/s1. The van der Waals surface area contributed by atoms with Crippen molar-refractivity contribution in [2.45, 2.75) is 50.3 Å². The van der Waals surface area contributed by atoms with Crippen molar-refractivity contribution in [1.29, 1.82) is 0 Å². The molecule has 2 atom stereocenters. The minimum Gasteiger partial charge on any atom is -0.351 e. The number of rotatable bonds is 3. The van der Waals surface area contributed by atoms with Crippen LogP contribution in [0.15, 0.2) is 24.3 Å². The van der Waals surface area contributed by atoms with E-state index >= 15 is 0 Å². The maximum atomic E-state index is 12.4. The highest BCUT2D eigenvalue weighted by molar-refractivity contribution is 6.24. The van der Waals surface area contributed by atoms with Crippen molar-refractivity contribution in [3.63, 3.8) is 0 Å². The molecule has 4 bridgehead atoms. The molecule has 4 saturated carbocycles. The predicted octanol–water partition coefficient (Wildman–Crippen LogP) is 4.30. The molecule has 2 nitrogen and oxygen atoms in total. The number of alkyl halides is 1. The van der Waals surface area contributed by atoms with Crippen LogP contribution < -0.4 is 5.32 Å². The van der Waals surface area contributed by atoms with Gasteiger partial charge in [0.1, 0.15) is 0 Å². The van der Waals surface area contributed by atoms with E-state index < -0.39 is 0 Å². The summed E-state index contributed by atoms with van der Waals surface area (Å²) in [6.07, 6.45) is 7.35. The predicted molar refractivity (Wildman–Crippen MR) is 89.2 cm³/mol. The van der Waals surface area contributed by atoms with Crippen molar-refractivity contribution in [2.24, 2.45) is 17.3 Å². The number of benzene rings is 1. The number of halogens is 1. The second-order valence-corrected chi connectivity index (χ2v) is 8.96. The molecule has 4 aliphatic carbocycles. The highest BCUT2D eigenvalue weighted by Crippen LogP contribution is 2.63. The van der Waals surface area contributed by atoms with Crippen LogP contribution >= 0.6 is 11.6 Å². The molecule has 1 N–H and O–H groups in total. The minimum atomic E-state index is 0.0265. The fourth-order valence-electron chi connectivity index (χ4n) is 5.62. The number of carbonyl (C=O) groups is 1. The topological polar surface area (TPSA) is 29.1 Å². The van der Waals surface area contributed by atoms with Gasteiger partial charge in [0.15, 0.2) is 0 Å². The molecule has 1 aromatic rings. The monoisotopic (exact) mass is 317 g/mol. The molecule has 3 heteroatoms. The minimum absolute atomic E-state index is 0.0265. The van der Waals surface area contributed by atoms with Crippen molar-refractivity contribution in [1.82, 2.24) is 5.32 Å². The third kappa shape index (κ3) is 2.56. The van der Waals surface area contributed by atoms with Crippen molar-refractivity contribution >= 4 is 17.5 Å². The zero-order chi connectivity index (χ0) is 15.4. The lowest BCUT2D eigenvalue weighted by Crippen LogP contribution is -2.56. The summed E-state index contributed by atoms with van der Waals surface area (Å²) in [5.41, 5.74) is 2.20. The maximum Gasteiger partial charge on any atom is 0.251 e. The molecule has 4 fully saturated rings. The zero-order valence-electron chi connectivity index (χ0n) is 13.2. The summed E-state index contributed by atoms with van der Waals surface area (Å²) in [4.78, 5) is 12.4. The van der Waals surface area contributed by atoms with Gasteiger partial charge in [-0.25, -0.2) is 0 Å². The van der Waals surface area contributed by atoms with Crippen LogP contribution in [0.25, 0.3) is 0 Å². The molecule has 1 amide bonds. The van der Waals surface area contributed by atoms with Gasteiger partial charge in [-0.15, -0.1) is 11.6 Å². The van der Waals surface area contributed by atoms with Gasteiger partial charge in [0, 0.05) is 17.0 Å². The van der Waals surface area contributed by atoms with Crippen LogP contribution in [0.4, 0.5) is 0 Å². The SMILES string of the molecule is Cc1ccc(C(=O)NCC23C[C@H]4C[C@@H](CC(Cl)(C4)C2)C3)cc1. The van der Waals surface area contributed by atoms with Gasteiger partial charge in [-0.05, 0) is 74.8 Å². The molecule has 4 aliphatic rings. The van der Waals surface area contributed by atoms with Crippen LogP contribution in [0.2, 0.25) is 0 Å². The second-order valence-electron chi connectivity index (χ2n) is 8.16. The van der Waals surface area contributed by atoms with Crippen molar-refractivity contribution in [2.75, 3.05) is 6.54 Å². The maximum absolute atomic E-state index is 12.4. The Balaban J connectivity index is 1.45. The van der Waals surface area contributed by atoms with E-state index in [0.29, 0.717) is 0 Å². The highest BCUT2D eigenvalue weighted by atomic mass is 35.5. The van der Waals surface area contributed by atoms with E-state index in [1.54, 1.807) is 0 Å². The first-order valence-corrected chi connectivity index (χ1v) is 8.87. The van der Waals surface area contributed by atoms with Crippen LogP contribution in [0.3, 0.4) is 0 Å². The Morgan fingerprint density at radius 3 is 2.41 bits per heavy atom. The Labute approximate surface area is 137 Å². The Kier molecular flexibility index (Phi) is 3.30. The summed E-state index contributed by atoms with van der Waals surface area (Å²) in [7, 11) is 0. The number of carbonyl (C=O) groups excluding carboxylic acids is 1. The normalized spacial score (nSPS) is 39.0. The van der Waals surface area contributed by atoms with Gasteiger partial charge < -0.3 is 5.32 Å². The molecule has 22 heavy (non-hydrogen) atoms. The van der Waals surface area contributed by atoms with Crippen LogP contribution in [0, 0.1) is 24.2 Å². The molecule has 0 heterocycles. The number of hydrogen-bond donors (Lipinski definition) is 1. The summed E-state index contributed by atoms with van der Waals surface area (Å²) in [6, 6.07) is 7.81. The Morgan fingerprint density at radius 2 is 1.82 bits per heavy atom. The summed E-state index contributed by atoms with van der Waals surface area (Å²) in [5.74, 6) is 1.63. The lowest BCUT2D eigenvalue weighted by molar-refractivity contribution is -0.0379. The Morgan fingerprint density at radius 1 is 1.18 bits per heavy atom. The molecule has 0 unspecified atom stereocenters. The smallest absolute Gasteiger partial charge is 0.251 e. The van der Waals surface area contributed by atoms with Crippen molar-refractivity contribution in [3.05, 3.63) is 35.4 Å². The summed E-state index contributed by atoms with van der Waals surface area (Å²) in [6.45, 7) is 2.83. The van der Waals surface area contributed by atoms with E-state index in [9.17, 15) is 4.79 Å². The van der Waals surface area contributed by atoms with E-state index in [1.165, 1.54) is 37.7 Å².